The van der Waals surface area contributed by atoms with Crippen molar-refractivity contribution in [2.45, 2.75) is 0 Å². The van der Waals surface area contributed by atoms with Gasteiger partial charge in [0.2, 0.25) is 0 Å². The third-order valence-corrected chi connectivity index (χ3v) is 11.5. The van der Waals surface area contributed by atoms with Crippen molar-refractivity contribution in [2.75, 3.05) is 0 Å². The van der Waals surface area contributed by atoms with E-state index in [1.165, 1.54) is 65.6 Å². The first-order valence-corrected chi connectivity index (χ1v) is 19.4. The number of hydrogen-bond donors (Lipinski definition) is 0. The minimum Gasteiger partial charge on any atom is -0.309 e. The molecule has 0 unspecified atom stereocenters. The highest BCUT2D eigenvalue weighted by molar-refractivity contribution is 6.31. The van der Waals surface area contributed by atoms with Crippen LogP contribution in [0.2, 0.25) is 0 Å². The van der Waals surface area contributed by atoms with E-state index in [-0.39, 0.29) is 0 Å². The molecule has 4 heteroatoms. The van der Waals surface area contributed by atoms with Crippen molar-refractivity contribution in [1.82, 2.24) is 19.5 Å². The summed E-state index contributed by atoms with van der Waals surface area (Å²) in [6, 6.07) is 69.2. The van der Waals surface area contributed by atoms with E-state index in [0.29, 0.717) is 17.5 Å². The summed E-state index contributed by atoms with van der Waals surface area (Å²) in [5.41, 5.74) is 13.8. The largest absolute Gasteiger partial charge is 0.309 e. The van der Waals surface area contributed by atoms with Crippen LogP contribution in [0.5, 0.6) is 0 Å². The molecule has 0 N–H and O–H groups in total. The van der Waals surface area contributed by atoms with Gasteiger partial charge in [0, 0.05) is 38.5 Å². The van der Waals surface area contributed by atoms with Gasteiger partial charge in [-0.3, -0.25) is 0 Å². The van der Waals surface area contributed by atoms with Gasteiger partial charge in [0.15, 0.2) is 17.5 Å². The van der Waals surface area contributed by atoms with Crippen molar-refractivity contribution in [1.29, 1.82) is 0 Å². The smallest absolute Gasteiger partial charge is 0.164 e. The maximum atomic E-state index is 5.02. The number of fused-ring (bicyclic) bond motifs is 9. The molecule has 264 valence electrons. The monoisotopic (exact) mass is 724 g/mol. The average molecular weight is 725 g/mol. The Morgan fingerprint density at radius 1 is 0.316 bits per heavy atom. The van der Waals surface area contributed by atoms with Gasteiger partial charge < -0.3 is 4.57 Å². The zero-order valence-electron chi connectivity index (χ0n) is 30.8. The minimum atomic E-state index is 0.638. The lowest BCUT2D eigenvalue weighted by Crippen LogP contribution is -2.00. The molecule has 0 saturated carbocycles. The van der Waals surface area contributed by atoms with Gasteiger partial charge in [-0.05, 0) is 73.8 Å². The van der Waals surface area contributed by atoms with Crippen LogP contribution in [0.3, 0.4) is 0 Å². The molecule has 0 bridgehead atoms. The number of nitrogens with zero attached hydrogens (tertiary/aromatic N) is 4. The maximum absolute atomic E-state index is 5.02. The summed E-state index contributed by atoms with van der Waals surface area (Å²) in [5.74, 6) is 1.94. The standard InChI is InChI=1S/C53H32N4/c1-3-15-34(16-4-1)51-54-52(35-17-5-2-6-18-35)56-53(55-51)38-21-11-19-36(30-38)37-20-12-22-39(31-37)57-47-32-46-42-25-10-9-24-41(42)43-26-13-27-44(48(43)46)49(47)45-29-28-33-14-7-8-23-40(33)50(45)57/h1-32H. The molecular weight excluding hydrogens is 693 g/mol. The van der Waals surface area contributed by atoms with Crippen LogP contribution in [0.15, 0.2) is 194 Å². The first-order valence-electron chi connectivity index (χ1n) is 19.4. The molecule has 4 nitrogen and oxygen atoms in total. The fraction of sp³-hybridized carbons (Fsp3) is 0. The summed E-state index contributed by atoms with van der Waals surface area (Å²) in [6.07, 6.45) is 0. The maximum Gasteiger partial charge on any atom is 0.164 e. The van der Waals surface area contributed by atoms with Gasteiger partial charge in [-0.15, -0.1) is 0 Å². The minimum absolute atomic E-state index is 0.638. The molecule has 0 saturated heterocycles. The van der Waals surface area contributed by atoms with Crippen LogP contribution in [0.25, 0.3) is 117 Å². The second-order valence-corrected chi connectivity index (χ2v) is 14.8. The number of aromatic nitrogens is 4. The molecule has 0 aliphatic heterocycles. The van der Waals surface area contributed by atoms with Gasteiger partial charge in [0.1, 0.15) is 0 Å². The van der Waals surface area contributed by atoms with E-state index in [0.717, 1.165) is 33.5 Å². The van der Waals surface area contributed by atoms with Crippen molar-refractivity contribution in [3.05, 3.63) is 194 Å². The molecule has 0 spiro atoms. The van der Waals surface area contributed by atoms with Crippen molar-refractivity contribution in [3.8, 4) is 73.2 Å². The van der Waals surface area contributed by atoms with Gasteiger partial charge in [-0.2, -0.15) is 0 Å². The van der Waals surface area contributed by atoms with Crippen LogP contribution in [0, 0.1) is 0 Å². The van der Waals surface area contributed by atoms with Crippen LogP contribution < -0.4 is 0 Å². The van der Waals surface area contributed by atoms with E-state index in [1.807, 2.05) is 60.7 Å². The molecule has 11 aromatic rings. The van der Waals surface area contributed by atoms with Crippen molar-refractivity contribution in [3.63, 3.8) is 0 Å². The molecule has 1 aliphatic rings. The molecule has 57 heavy (non-hydrogen) atoms. The van der Waals surface area contributed by atoms with Crippen LogP contribution >= 0.6 is 0 Å². The lowest BCUT2D eigenvalue weighted by molar-refractivity contribution is 1.07. The van der Waals surface area contributed by atoms with E-state index in [1.54, 1.807) is 0 Å². The third kappa shape index (κ3) is 4.91. The highest BCUT2D eigenvalue weighted by Gasteiger charge is 2.26. The Labute approximate surface area is 329 Å². The zero-order chi connectivity index (χ0) is 37.5. The third-order valence-electron chi connectivity index (χ3n) is 11.5. The molecule has 0 fully saturated rings. The summed E-state index contributed by atoms with van der Waals surface area (Å²) < 4.78 is 2.49. The highest BCUT2D eigenvalue weighted by atomic mass is 15.0. The van der Waals surface area contributed by atoms with Crippen LogP contribution in [0.1, 0.15) is 0 Å². The fourth-order valence-corrected chi connectivity index (χ4v) is 9.01. The topological polar surface area (TPSA) is 43.6 Å². The van der Waals surface area contributed by atoms with E-state index in [4.69, 9.17) is 15.0 Å². The van der Waals surface area contributed by atoms with Gasteiger partial charge in [-0.1, -0.05) is 170 Å². The molecule has 1 aliphatic carbocycles. The summed E-state index contributed by atoms with van der Waals surface area (Å²) in [6.45, 7) is 0. The van der Waals surface area contributed by atoms with E-state index < -0.39 is 0 Å². The predicted molar refractivity (Wildman–Crippen MR) is 235 cm³/mol. The molecular formula is C53H32N4. The summed E-state index contributed by atoms with van der Waals surface area (Å²) >= 11 is 0. The van der Waals surface area contributed by atoms with Gasteiger partial charge in [-0.25, -0.2) is 15.0 Å². The molecule has 0 radical (unpaired) electrons. The van der Waals surface area contributed by atoms with Crippen molar-refractivity contribution < 1.29 is 0 Å². The molecule has 0 amide bonds. The Kier molecular flexibility index (Phi) is 6.89. The summed E-state index contributed by atoms with van der Waals surface area (Å²) in [4.78, 5) is 15.0. The fourth-order valence-electron chi connectivity index (χ4n) is 9.01. The average Bonchev–Trinajstić information content (AvgIpc) is 3.81. The first kappa shape index (κ1) is 31.6. The molecule has 9 aromatic carbocycles. The Hall–Kier alpha value is -7.69. The Balaban J connectivity index is 1.07. The quantitative estimate of drug-likeness (QED) is 0.177. The molecule has 2 heterocycles. The van der Waals surface area contributed by atoms with E-state index in [2.05, 4.69) is 138 Å². The van der Waals surface area contributed by atoms with E-state index in [9.17, 15) is 0 Å². The van der Waals surface area contributed by atoms with Crippen molar-refractivity contribution in [2.24, 2.45) is 0 Å². The Bertz CT molecular complexity index is 3340. The van der Waals surface area contributed by atoms with Gasteiger partial charge >= 0.3 is 0 Å². The molecule has 12 rings (SSSR count). The number of benzene rings is 9. The SMILES string of the molecule is c1ccc(-c2nc(-c3ccccc3)nc(-c3cccc(-c4cccc(-n5c6cc7c8c(cccc8c6c6ccc8ccccc8c65)-c5ccccc5-7)c4)c3)n2)cc1. The highest BCUT2D eigenvalue weighted by Crippen LogP contribution is 2.51. The summed E-state index contributed by atoms with van der Waals surface area (Å²) in [7, 11) is 0. The van der Waals surface area contributed by atoms with Crippen LogP contribution in [0.4, 0.5) is 0 Å². The Morgan fingerprint density at radius 3 is 1.61 bits per heavy atom. The number of rotatable bonds is 5. The van der Waals surface area contributed by atoms with Crippen LogP contribution in [-0.4, -0.2) is 19.5 Å². The van der Waals surface area contributed by atoms with Gasteiger partial charge in [0.05, 0.1) is 11.0 Å². The second kappa shape index (κ2) is 12.4. The first-order chi connectivity index (χ1) is 28.3. The second-order valence-electron chi connectivity index (χ2n) is 14.8. The van der Waals surface area contributed by atoms with E-state index >= 15 is 0 Å². The molecule has 0 atom stereocenters. The van der Waals surface area contributed by atoms with Crippen LogP contribution in [-0.2, 0) is 0 Å². The van der Waals surface area contributed by atoms with Crippen molar-refractivity contribution >= 4 is 43.4 Å². The lowest BCUT2D eigenvalue weighted by Gasteiger charge is -2.13. The lowest BCUT2D eigenvalue weighted by atomic mass is 9.97. The molecule has 2 aromatic heterocycles. The number of hydrogen-bond acceptors (Lipinski definition) is 3. The normalized spacial score (nSPS) is 11.9. The predicted octanol–water partition coefficient (Wildman–Crippen LogP) is 13.6. The zero-order valence-corrected chi connectivity index (χ0v) is 30.8. The van der Waals surface area contributed by atoms with Gasteiger partial charge in [0.25, 0.3) is 0 Å². The Morgan fingerprint density at radius 2 is 0.860 bits per heavy atom. The summed E-state index contributed by atoms with van der Waals surface area (Å²) in [5, 5.41) is 7.64.